The lowest BCUT2D eigenvalue weighted by Gasteiger charge is -2.27. The Morgan fingerprint density at radius 3 is 2.84 bits per heavy atom. The van der Waals surface area contributed by atoms with Gasteiger partial charge in [-0.25, -0.2) is 0 Å². The highest BCUT2D eigenvalue weighted by Gasteiger charge is 2.32. The molecule has 1 fully saturated rings. The standard InChI is InChI=1S/C15H30N2O2/c1-5-7-13-8-11-17(12-13)10-6-9-15(2,16-3)14(18)19-4/h13,16H,5-12H2,1-4H3. The van der Waals surface area contributed by atoms with Gasteiger partial charge >= 0.3 is 5.97 Å². The summed E-state index contributed by atoms with van der Waals surface area (Å²) in [5.74, 6) is 0.724. The predicted octanol–water partition coefficient (Wildman–Crippen LogP) is 2.04. The summed E-state index contributed by atoms with van der Waals surface area (Å²) in [5.41, 5.74) is -0.544. The average Bonchev–Trinajstić information content (AvgIpc) is 2.85. The molecule has 0 radical (unpaired) electrons. The fourth-order valence-corrected chi connectivity index (χ4v) is 2.97. The van der Waals surface area contributed by atoms with Crippen molar-refractivity contribution < 1.29 is 9.53 Å². The van der Waals surface area contributed by atoms with Crippen LogP contribution in [-0.4, -0.2) is 50.2 Å². The third kappa shape index (κ3) is 4.77. The number of hydrogen-bond acceptors (Lipinski definition) is 4. The Labute approximate surface area is 117 Å². The van der Waals surface area contributed by atoms with E-state index in [1.807, 2.05) is 14.0 Å². The number of hydrogen-bond donors (Lipinski definition) is 1. The van der Waals surface area contributed by atoms with Gasteiger partial charge < -0.3 is 15.0 Å². The van der Waals surface area contributed by atoms with Crippen molar-refractivity contribution in [3.63, 3.8) is 0 Å². The Morgan fingerprint density at radius 2 is 2.26 bits per heavy atom. The molecule has 0 bridgehead atoms. The molecular weight excluding hydrogens is 240 g/mol. The molecule has 2 unspecified atom stereocenters. The van der Waals surface area contributed by atoms with Crippen molar-refractivity contribution in [3.05, 3.63) is 0 Å². The van der Waals surface area contributed by atoms with Crippen LogP contribution in [-0.2, 0) is 9.53 Å². The lowest BCUT2D eigenvalue weighted by atomic mass is 9.96. The van der Waals surface area contributed by atoms with Crippen molar-refractivity contribution in [2.45, 2.75) is 51.5 Å². The molecule has 4 heteroatoms. The van der Waals surface area contributed by atoms with Crippen molar-refractivity contribution in [2.24, 2.45) is 5.92 Å². The summed E-state index contributed by atoms with van der Waals surface area (Å²) in [7, 11) is 3.28. The van der Waals surface area contributed by atoms with Gasteiger partial charge in [-0.1, -0.05) is 13.3 Å². The van der Waals surface area contributed by atoms with E-state index in [9.17, 15) is 4.79 Å². The number of likely N-dealkylation sites (tertiary alicyclic amines) is 1. The first-order chi connectivity index (χ1) is 9.05. The molecule has 4 nitrogen and oxygen atoms in total. The maximum absolute atomic E-state index is 11.7. The molecule has 19 heavy (non-hydrogen) atoms. The second-order valence-corrected chi connectivity index (χ2v) is 5.92. The summed E-state index contributed by atoms with van der Waals surface area (Å²) in [4.78, 5) is 14.3. The van der Waals surface area contributed by atoms with Gasteiger partial charge in [0.05, 0.1) is 7.11 Å². The number of rotatable bonds is 8. The Bertz CT molecular complexity index is 283. The molecule has 2 atom stereocenters. The van der Waals surface area contributed by atoms with Gasteiger partial charge in [0, 0.05) is 6.54 Å². The first kappa shape index (κ1) is 16.4. The third-order valence-electron chi connectivity index (χ3n) is 4.41. The average molecular weight is 270 g/mol. The molecule has 0 spiro atoms. The van der Waals surface area contributed by atoms with Crippen LogP contribution in [0.2, 0.25) is 0 Å². The Kier molecular flexibility index (Phi) is 6.80. The van der Waals surface area contributed by atoms with Gasteiger partial charge in [0.25, 0.3) is 0 Å². The van der Waals surface area contributed by atoms with Gasteiger partial charge in [0.15, 0.2) is 0 Å². The smallest absolute Gasteiger partial charge is 0.325 e. The largest absolute Gasteiger partial charge is 0.468 e. The summed E-state index contributed by atoms with van der Waals surface area (Å²) in [5, 5.41) is 3.09. The van der Waals surface area contributed by atoms with Gasteiger partial charge in [0.1, 0.15) is 5.54 Å². The highest BCUT2D eigenvalue weighted by Crippen LogP contribution is 2.22. The molecule has 0 aliphatic carbocycles. The zero-order valence-electron chi connectivity index (χ0n) is 13.0. The minimum absolute atomic E-state index is 0.166. The van der Waals surface area contributed by atoms with Crippen LogP contribution < -0.4 is 5.32 Å². The number of ether oxygens (including phenoxy) is 1. The van der Waals surface area contributed by atoms with Crippen molar-refractivity contribution in [2.75, 3.05) is 33.8 Å². The third-order valence-corrected chi connectivity index (χ3v) is 4.41. The topological polar surface area (TPSA) is 41.6 Å². The van der Waals surface area contributed by atoms with Gasteiger partial charge in [-0.15, -0.1) is 0 Å². The molecule has 0 amide bonds. The number of carbonyl (C=O) groups excluding carboxylic acids is 1. The van der Waals surface area contributed by atoms with Gasteiger partial charge in [0.2, 0.25) is 0 Å². The maximum atomic E-state index is 11.7. The SMILES string of the molecule is CCCC1CCN(CCCC(C)(NC)C(=O)OC)C1. The molecule has 0 aromatic rings. The number of likely N-dealkylation sites (N-methyl/N-ethyl adjacent to an activating group) is 1. The van der Waals surface area contributed by atoms with Crippen molar-refractivity contribution in [1.82, 2.24) is 10.2 Å². The second kappa shape index (κ2) is 7.85. The maximum Gasteiger partial charge on any atom is 0.325 e. The van der Waals surface area contributed by atoms with Crippen LogP contribution in [0.5, 0.6) is 0 Å². The molecular formula is C15H30N2O2. The van der Waals surface area contributed by atoms with Crippen LogP contribution in [0, 0.1) is 5.92 Å². The second-order valence-electron chi connectivity index (χ2n) is 5.92. The van der Waals surface area contributed by atoms with Crippen LogP contribution in [0.15, 0.2) is 0 Å². The Hall–Kier alpha value is -0.610. The van der Waals surface area contributed by atoms with Gasteiger partial charge in [-0.2, -0.15) is 0 Å². The van der Waals surface area contributed by atoms with Crippen LogP contribution in [0.4, 0.5) is 0 Å². The van der Waals surface area contributed by atoms with Gasteiger partial charge in [-0.3, -0.25) is 4.79 Å². The molecule has 1 aliphatic rings. The minimum Gasteiger partial charge on any atom is -0.468 e. The van der Waals surface area contributed by atoms with E-state index >= 15 is 0 Å². The molecule has 0 saturated carbocycles. The highest BCUT2D eigenvalue weighted by molar-refractivity contribution is 5.80. The summed E-state index contributed by atoms with van der Waals surface area (Å²) in [6.07, 6.45) is 5.84. The lowest BCUT2D eigenvalue weighted by Crippen LogP contribution is -2.48. The fraction of sp³-hybridized carbons (Fsp3) is 0.933. The molecule has 1 saturated heterocycles. The number of methoxy groups -OCH3 is 1. The van der Waals surface area contributed by atoms with E-state index in [0.29, 0.717) is 0 Å². The quantitative estimate of drug-likeness (QED) is 0.685. The van der Waals surface area contributed by atoms with Crippen LogP contribution in [0.3, 0.4) is 0 Å². The summed E-state index contributed by atoms with van der Waals surface area (Å²) >= 11 is 0. The molecule has 1 N–H and O–H groups in total. The van der Waals surface area contributed by atoms with Crippen molar-refractivity contribution >= 4 is 5.97 Å². The van der Waals surface area contributed by atoms with E-state index in [1.165, 1.54) is 39.5 Å². The van der Waals surface area contributed by atoms with Crippen molar-refractivity contribution in [3.8, 4) is 0 Å². The van der Waals surface area contributed by atoms with Gasteiger partial charge in [-0.05, 0) is 58.7 Å². The van der Waals surface area contributed by atoms with E-state index in [4.69, 9.17) is 4.74 Å². The minimum atomic E-state index is -0.544. The first-order valence-electron chi connectivity index (χ1n) is 7.55. The summed E-state index contributed by atoms with van der Waals surface area (Å²) in [6, 6.07) is 0. The number of nitrogens with zero attached hydrogens (tertiary/aromatic N) is 1. The number of esters is 1. The Balaban J connectivity index is 2.28. The number of carbonyl (C=O) groups is 1. The summed E-state index contributed by atoms with van der Waals surface area (Å²) < 4.78 is 4.86. The van der Waals surface area contributed by atoms with E-state index in [2.05, 4.69) is 17.1 Å². The zero-order valence-corrected chi connectivity index (χ0v) is 13.0. The van der Waals surface area contributed by atoms with Crippen LogP contribution in [0.1, 0.15) is 46.0 Å². The first-order valence-corrected chi connectivity index (χ1v) is 7.55. The van der Waals surface area contributed by atoms with E-state index in [1.54, 1.807) is 0 Å². The Morgan fingerprint density at radius 1 is 1.53 bits per heavy atom. The normalized spacial score (nSPS) is 23.3. The number of nitrogens with one attached hydrogen (secondary N) is 1. The van der Waals surface area contributed by atoms with E-state index in [-0.39, 0.29) is 5.97 Å². The fourth-order valence-electron chi connectivity index (χ4n) is 2.97. The van der Waals surface area contributed by atoms with Crippen molar-refractivity contribution in [1.29, 1.82) is 0 Å². The van der Waals surface area contributed by atoms with E-state index < -0.39 is 5.54 Å². The summed E-state index contributed by atoms with van der Waals surface area (Å²) in [6.45, 7) is 7.73. The molecule has 112 valence electrons. The highest BCUT2D eigenvalue weighted by atomic mass is 16.5. The molecule has 0 aromatic carbocycles. The van der Waals surface area contributed by atoms with E-state index in [0.717, 1.165) is 25.3 Å². The molecule has 1 rings (SSSR count). The predicted molar refractivity (Wildman–Crippen MR) is 78.2 cm³/mol. The monoisotopic (exact) mass is 270 g/mol. The molecule has 1 heterocycles. The molecule has 1 aliphatic heterocycles. The van der Waals surface area contributed by atoms with Crippen LogP contribution in [0.25, 0.3) is 0 Å². The lowest BCUT2D eigenvalue weighted by molar-refractivity contribution is -0.148. The molecule has 0 aromatic heterocycles. The zero-order chi connectivity index (χ0) is 14.3. The van der Waals surface area contributed by atoms with Crippen LogP contribution >= 0.6 is 0 Å².